The number of aromatic carboxylic acids is 2. The molecule has 0 saturated heterocycles. The normalized spacial score (nSPS) is 11.8. The zero-order chi connectivity index (χ0) is 41.9. The van der Waals surface area contributed by atoms with E-state index in [0.717, 1.165) is 5.69 Å². The average molecular weight is 829 g/mol. The highest BCUT2D eigenvalue weighted by molar-refractivity contribution is 6.41. The van der Waals surface area contributed by atoms with Gasteiger partial charge < -0.3 is 34.4 Å². The Kier molecular flexibility index (Phi) is 9.83. The molecule has 0 unspecified atom stereocenters. The second kappa shape index (κ2) is 15.0. The summed E-state index contributed by atoms with van der Waals surface area (Å²) in [5.74, 6) is -2.83. The van der Waals surface area contributed by atoms with Gasteiger partial charge in [-0.2, -0.15) is 0 Å². The number of carboxylic acid groups (broad SMARTS) is 2. The molecular formula is C45H31Cl2N3O9. The molecule has 8 rings (SSSR count). The Morgan fingerprint density at radius 1 is 0.712 bits per heavy atom. The van der Waals surface area contributed by atoms with Crippen LogP contribution in [0.1, 0.15) is 36.6 Å². The predicted octanol–water partition coefficient (Wildman–Crippen LogP) is 9.02. The number of hydrogen-bond donors (Lipinski definition) is 4. The van der Waals surface area contributed by atoms with Crippen LogP contribution in [0.5, 0.6) is 5.75 Å². The summed E-state index contributed by atoms with van der Waals surface area (Å²) in [5, 5.41) is 35.1. The molecule has 2 aliphatic heterocycles. The first-order valence-electron chi connectivity index (χ1n) is 17.9. The monoisotopic (exact) mass is 827 g/mol. The van der Waals surface area contributed by atoms with E-state index in [2.05, 4.69) is 10.3 Å². The number of phenolic OH excluding ortho intramolecular Hbond substituents is 1. The highest BCUT2D eigenvalue weighted by Crippen LogP contribution is 2.47. The highest BCUT2D eigenvalue weighted by Gasteiger charge is 2.30. The molecule has 0 spiro atoms. The maximum Gasteiger partial charge on any atom is 0.337 e. The fourth-order valence-corrected chi connectivity index (χ4v) is 7.93. The van der Waals surface area contributed by atoms with Gasteiger partial charge in [-0.25, -0.2) is 9.59 Å². The van der Waals surface area contributed by atoms with Gasteiger partial charge in [0, 0.05) is 96.2 Å². The lowest BCUT2D eigenvalue weighted by atomic mass is 9.89. The van der Waals surface area contributed by atoms with Gasteiger partial charge in [0.15, 0.2) is 5.43 Å². The van der Waals surface area contributed by atoms with E-state index >= 15 is 0 Å². The number of anilines is 1. The zero-order valence-electron chi connectivity index (χ0n) is 31.4. The van der Waals surface area contributed by atoms with Crippen LogP contribution in [0.2, 0.25) is 10.0 Å². The quantitative estimate of drug-likeness (QED) is 0.108. The van der Waals surface area contributed by atoms with Gasteiger partial charge in [0.2, 0.25) is 0 Å². The summed E-state index contributed by atoms with van der Waals surface area (Å²) in [6.45, 7) is -0.158. The van der Waals surface area contributed by atoms with Gasteiger partial charge in [-0.15, -0.1) is 0 Å². The molecule has 0 aromatic heterocycles. The van der Waals surface area contributed by atoms with Crippen molar-refractivity contribution in [2.45, 2.75) is 6.54 Å². The molecule has 2 heterocycles. The zero-order valence-corrected chi connectivity index (χ0v) is 32.9. The Bertz CT molecular complexity index is 3150. The molecule has 0 bridgehead atoms. The van der Waals surface area contributed by atoms with E-state index < -0.39 is 17.8 Å². The number of amides is 1. The number of nitrogens with one attached hydrogen (secondary N) is 1. The summed E-state index contributed by atoms with van der Waals surface area (Å²) in [7, 11) is 5.38. The number of carboxylic acids is 2. The molecule has 0 atom stereocenters. The van der Waals surface area contributed by atoms with Crippen molar-refractivity contribution in [2.75, 3.05) is 26.0 Å². The predicted molar refractivity (Wildman–Crippen MR) is 225 cm³/mol. The van der Waals surface area contributed by atoms with E-state index in [1.807, 2.05) is 31.1 Å². The van der Waals surface area contributed by atoms with E-state index in [4.69, 9.17) is 32.0 Å². The molecule has 4 aliphatic rings. The summed E-state index contributed by atoms with van der Waals surface area (Å²) < 4.78 is 12.3. The number of benzene rings is 6. The Balaban J connectivity index is 1.22. The largest absolute Gasteiger partial charge is 0.508 e. The maximum absolute atomic E-state index is 14.0. The Labute approximate surface area is 344 Å². The van der Waals surface area contributed by atoms with Gasteiger partial charge in [0.25, 0.3) is 5.91 Å². The maximum atomic E-state index is 14.0. The minimum absolute atomic E-state index is 0.00499. The first-order valence-corrected chi connectivity index (χ1v) is 18.7. The van der Waals surface area contributed by atoms with Crippen LogP contribution in [0.25, 0.3) is 66.8 Å². The molecular weight excluding hydrogens is 797 g/mol. The minimum Gasteiger partial charge on any atom is -0.508 e. The van der Waals surface area contributed by atoms with Crippen molar-refractivity contribution in [1.29, 1.82) is 0 Å². The average Bonchev–Trinajstić information content (AvgIpc) is 3.20. The van der Waals surface area contributed by atoms with Gasteiger partial charge in [-0.3, -0.25) is 14.6 Å². The number of aromatic hydroxyl groups is 1. The summed E-state index contributed by atoms with van der Waals surface area (Å²) in [5.41, 5.74) is 3.15. The molecule has 12 nitrogen and oxygen atoms in total. The minimum atomic E-state index is -1.37. The van der Waals surface area contributed by atoms with Crippen molar-refractivity contribution in [3.63, 3.8) is 0 Å². The fourth-order valence-electron chi connectivity index (χ4n) is 7.31. The van der Waals surface area contributed by atoms with Crippen molar-refractivity contribution < 1.29 is 38.5 Å². The van der Waals surface area contributed by atoms with E-state index in [9.17, 15) is 34.5 Å². The van der Waals surface area contributed by atoms with Crippen molar-refractivity contribution in [2.24, 2.45) is 4.99 Å². The lowest BCUT2D eigenvalue weighted by Crippen LogP contribution is -2.24. The topological polar surface area (TPSA) is 183 Å². The molecule has 4 aromatic carbocycles. The number of halogens is 2. The first kappa shape index (κ1) is 38.7. The van der Waals surface area contributed by atoms with E-state index in [1.54, 1.807) is 55.6 Å². The Morgan fingerprint density at radius 2 is 1.37 bits per heavy atom. The van der Waals surface area contributed by atoms with Gasteiger partial charge in [0.1, 0.15) is 28.4 Å². The van der Waals surface area contributed by atoms with Crippen molar-refractivity contribution in [3.8, 4) is 50.7 Å². The Morgan fingerprint density at radius 3 is 2.08 bits per heavy atom. The van der Waals surface area contributed by atoms with Gasteiger partial charge in [-0.1, -0.05) is 35.3 Å². The summed E-state index contributed by atoms with van der Waals surface area (Å²) in [6, 6.07) is 25.1. The molecule has 59 heavy (non-hydrogen) atoms. The smallest absolute Gasteiger partial charge is 0.337 e. The molecule has 0 saturated carbocycles. The fraction of sp³-hybridized carbons (Fsp3) is 0.0889. The molecule has 4 N–H and O–H groups in total. The number of carbonyl (C=O) groups excluding carboxylic acids is 1. The first-order chi connectivity index (χ1) is 28.2. The van der Waals surface area contributed by atoms with Crippen molar-refractivity contribution in [3.05, 3.63) is 145 Å². The van der Waals surface area contributed by atoms with Crippen LogP contribution in [0.4, 0.5) is 5.69 Å². The summed E-state index contributed by atoms with van der Waals surface area (Å²) >= 11 is 13.8. The number of carbonyl (C=O) groups is 3. The lowest BCUT2D eigenvalue weighted by Gasteiger charge is -2.21. The molecule has 294 valence electrons. The lowest BCUT2D eigenvalue weighted by molar-refractivity contribution is 0.0687. The van der Waals surface area contributed by atoms with Crippen LogP contribution in [0, 0.1) is 0 Å². The third-order valence-corrected chi connectivity index (χ3v) is 10.8. The highest BCUT2D eigenvalue weighted by atomic mass is 35.5. The molecule has 0 fully saturated rings. The Hall–Kier alpha value is -7.15. The number of nitrogens with zero attached hydrogens (tertiary/aromatic N) is 2. The van der Waals surface area contributed by atoms with Crippen LogP contribution in [-0.2, 0) is 6.54 Å². The van der Waals surface area contributed by atoms with Crippen LogP contribution >= 0.6 is 23.2 Å². The van der Waals surface area contributed by atoms with E-state index in [-0.39, 0.29) is 61.4 Å². The molecule has 2 aliphatic carbocycles. The van der Waals surface area contributed by atoms with E-state index in [0.29, 0.717) is 60.9 Å². The molecule has 1 amide bonds. The molecule has 14 heteroatoms. The van der Waals surface area contributed by atoms with Gasteiger partial charge in [0.05, 0.1) is 32.1 Å². The summed E-state index contributed by atoms with van der Waals surface area (Å²) in [4.78, 5) is 58.1. The number of hydrogen-bond acceptors (Lipinski definition) is 9. The third kappa shape index (κ3) is 6.88. The van der Waals surface area contributed by atoms with Crippen molar-refractivity contribution >= 4 is 68.7 Å². The van der Waals surface area contributed by atoms with Gasteiger partial charge in [-0.05, 0) is 71.8 Å². The second-order valence-electron chi connectivity index (χ2n) is 13.9. The number of fused-ring (bicyclic) bond motifs is 4. The van der Waals surface area contributed by atoms with Crippen LogP contribution < -0.4 is 21.0 Å². The van der Waals surface area contributed by atoms with Crippen molar-refractivity contribution in [1.82, 2.24) is 5.32 Å². The van der Waals surface area contributed by atoms with Gasteiger partial charge >= 0.3 is 11.9 Å². The molecule has 0 radical (unpaired) electrons. The SMILES string of the molecule is C/N=c1/ccc2c(-c3c(Cl)c(C(=O)NCc4ccc(-c5c6ccc(=O)cc-6oc6cc(O)ccc56)c(C(=O)O)c4)cc(Cl)c3C(=O)O)c3ccc(N(C)C)cc3oc-2c1. The number of phenols is 1. The van der Waals surface area contributed by atoms with Crippen LogP contribution in [0.3, 0.4) is 0 Å². The molecule has 4 aromatic rings. The summed E-state index contributed by atoms with van der Waals surface area (Å²) in [6.07, 6.45) is 0. The van der Waals surface area contributed by atoms with E-state index in [1.165, 1.54) is 36.4 Å². The third-order valence-electron chi connectivity index (χ3n) is 10.1. The number of rotatable bonds is 8. The van der Waals surface area contributed by atoms with Crippen LogP contribution in [0.15, 0.2) is 116 Å². The standard InChI is InChI=1S/C45H31Cl2N3O9/c1-48-22-5-10-29-34(15-22)58-35-16-23(50(2)3)6-11-30(35)39(29)41-40(45(56)57)33(46)19-32(42(41)47)43(53)49-20-21-4-9-26(31(14-21)44(54)55)38-27-12-7-24(51)17-36(27)59-37-18-25(52)8-13-28(37)38/h4-19,51H,20H2,1-3H3,(H,49,53)(H,54,55)(H,56,57)/b48-22-. The second-order valence-corrected chi connectivity index (χ2v) is 14.7. The van der Waals surface area contributed by atoms with Crippen LogP contribution in [-0.4, -0.2) is 54.3 Å².